The summed E-state index contributed by atoms with van der Waals surface area (Å²) < 4.78 is 0. The van der Waals surface area contributed by atoms with Gasteiger partial charge in [-0.15, -0.1) is 0 Å². The molecule has 0 radical (unpaired) electrons. The summed E-state index contributed by atoms with van der Waals surface area (Å²) in [6.07, 6.45) is 6.66. The van der Waals surface area contributed by atoms with Crippen LogP contribution in [-0.2, 0) is 11.3 Å². The first-order chi connectivity index (χ1) is 11.8. The molecule has 0 aromatic carbocycles. The van der Waals surface area contributed by atoms with Crippen LogP contribution in [0.5, 0.6) is 0 Å². The molecule has 5 heteroatoms. The van der Waals surface area contributed by atoms with Crippen LogP contribution in [0.1, 0.15) is 31.4 Å². The number of piperazine rings is 1. The van der Waals surface area contributed by atoms with E-state index in [2.05, 4.69) is 26.2 Å². The van der Waals surface area contributed by atoms with Gasteiger partial charge in [0.05, 0.1) is 11.1 Å². The number of hydrogen-bond acceptors (Lipinski definition) is 4. The molecule has 1 aliphatic carbocycles. The maximum Gasteiger partial charge on any atom is 0.230 e. The Morgan fingerprint density at radius 3 is 2.92 bits per heavy atom. The molecule has 2 saturated heterocycles. The fraction of sp³-hybridized carbons (Fsp3) is 0.684. The van der Waals surface area contributed by atoms with Crippen molar-refractivity contribution in [3.63, 3.8) is 0 Å². The van der Waals surface area contributed by atoms with Crippen LogP contribution in [-0.4, -0.2) is 60.0 Å². The van der Waals surface area contributed by atoms with E-state index < -0.39 is 0 Å². The third kappa shape index (κ3) is 2.95. The van der Waals surface area contributed by atoms with Crippen LogP contribution in [0.4, 0.5) is 0 Å². The predicted octanol–water partition coefficient (Wildman–Crippen LogP) is 1.51. The Hall–Kier alpha value is -1.46. The van der Waals surface area contributed by atoms with E-state index in [1.807, 2.05) is 18.3 Å². The monoisotopic (exact) mass is 328 g/mol. The van der Waals surface area contributed by atoms with E-state index in [4.69, 9.17) is 0 Å². The smallest absolute Gasteiger partial charge is 0.230 e. The van der Waals surface area contributed by atoms with Gasteiger partial charge in [-0.25, -0.2) is 0 Å². The molecule has 0 spiro atoms. The number of aromatic nitrogens is 1. The van der Waals surface area contributed by atoms with Crippen molar-refractivity contribution in [1.82, 2.24) is 20.1 Å². The second-order valence-corrected chi connectivity index (χ2v) is 7.62. The quantitative estimate of drug-likeness (QED) is 0.914. The first kappa shape index (κ1) is 16.0. The van der Waals surface area contributed by atoms with Gasteiger partial charge < -0.3 is 10.2 Å². The fourth-order valence-electron chi connectivity index (χ4n) is 4.81. The summed E-state index contributed by atoms with van der Waals surface area (Å²) >= 11 is 0. The fourth-order valence-corrected chi connectivity index (χ4v) is 4.81. The molecular formula is C19H28N4O. The van der Waals surface area contributed by atoms with Crippen molar-refractivity contribution >= 4 is 5.91 Å². The Morgan fingerprint density at radius 2 is 2.12 bits per heavy atom. The zero-order chi connectivity index (χ0) is 16.4. The van der Waals surface area contributed by atoms with Crippen molar-refractivity contribution in [3.05, 3.63) is 30.1 Å². The molecule has 0 bridgehead atoms. The average molecular weight is 328 g/mol. The maximum absolute atomic E-state index is 13.3. The van der Waals surface area contributed by atoms with Gasteiger partial charge in [0.1, 0.15) is 0 Å². The second kappa shape index (κ2) is 6.81. The molecule has 3 aliphatic rings. The number of nitrogens with one attached hydrogen (secondary N) is 1. The lowest BCUT2D eigenvalue weighted by Gasteiger charge is -2.43. The van der Waals surface area contributed by atoms with Crippen molar-refractivity contribution in [2.24, 2.45) is 11.3 Å². The molecule has 1 saturated carbocycles. The lowest BCUT2D eigenvalue weighted by Crippen LogP contribution is -2.55. The first-order valence-corrected chi connectivity index (χ1v) is 9.40. The molecule has 1 aromatic rings. The highest BCUT2D eigenvalue weighted by Crippen LogP contribution is 2.45. The molecule has 4 rings (SSSR count). The number of amides is 1. The SMILES string of the molecule is O=C(N1CCN(Cc2ccccn2)CC1)[C@@]12CCCC[C@H]1CNC2. The summed E-state index contributed by atoms with van der Waals surface area (Å²) in [5.74, 6) is 0.986. The molecule has 130 valence electrons. The zero-order valence-electron chi connectivity index (χ0n) is 14.4. The van der Waals surface area contributed by atoms with Crippen LogP contribution in [0.3, 0.4) is 0 Å². The van der Waals surface area contributed by atoms with E-state index in [1.54, 1.807) is 0 Å². The Labute approximate surface area is 144 Å². The summed E-state index contributed by atoms with van der Waals surface area (Å²) in [6.45, 7) is 6.45. The number of fused-ring (bicyclic) bond motifs is 1. The maximum atomic E-state index is 13.3. The third-order valence-corrected chi connectivity index (χ3v) is 6.24. The molecule has 2 aliphatic heterocycles. The van der Waals surface area contributed by atoms with Crippen LogP contribution in [0.15, 0.2) is 24.4 Å². The van der Waals surface area contributed by atoms with E-state index >= 15 is 0 Å². The molecule has 2 atom stereocenters. The van der Waals surface area contributed by atoms with Crippen molar-refractivity contribution in [2.75, 3.05) is 39.3 Å². The second-order valence-electron chi connectivity index (χ2n) is 7.62. The van der Waals surface area contributed by atoms with Gasteiger partial charge in [0.25, 0.3) is 0 Å². The zero-order valence-corrected chi connectivity index (χ0v) is 14.4. The standard InChI is InChI=1S/C19H28N4O/c24-18(19-7-3-1-5-16(19)13-20-15-19)23-11-9-22(10-12-23)14-17-6-2-4-8-21-17/h2,4,6,8,16,20H,1,3,5,7,9-15H2/t16-,19+/m0/s1. The van der Waals surface area contributed by atoms with E-state index in [0.717, 1.165) is 57.9 Å². The predicted molar refractivity (Wildman–Crippen MR) is 93.4 cm³/mol. The van der Waals surface area contributed by atoms with Gasteiger partial charge in [0.2, 0.25) is 5.91 Å². The van der Waals surface area contributed by atoms with Gasteiger partial charge in [0, 0.05) is 45.5 Å². The molecule has 1 aromatic heterocycles. The molecule has 1 amide bonds. The van der Waals surface area contributed by atoms with E-state index in [-0.39, 0.29) is 5.41 Å². The van der Waals surface area contributed by atoms with Crippen LogP contribution in [0, 0.1) is 11.3 Å². The Morgan fingerprint density at radius 1 is 1.25 bits per heavy atom. The highest BCUT2D eigenvalue weighted by Gasteiger charge is 2.51. The topological polar surface area (TPSA) is 48.5 Å². The van der Waals surface area contributed by atoms with Crippen LogP contribution < -0.4 is 5.32 Å². The van der Waals surface area contributed by atoms with E-state index in [1.165, 1.54) is 19.3 Å². The number of nitrogens with zero attached hydrogens (tertiary/aromatic N) is 3. The van der Waals surface area contributed by atoms with Crippen molar-refractivity contribution < 1.29 is 4.79 Å². The van der Waals surface area contributed by atoms with Gasteiger partial charge in [-0.2, -0.15) is 0 Å². The molecule has 3 heterocycles. The molecule has 1 N–H and O–H groups in total. The van der Waals surface area contributed by atoms with Gasteiger partial charge in [-0.3, -0.25) is 14.7 Å². The highest BCUT2D eigenvalue weighted by molar-refractivity contribution is 5.84. The Balaban J connectivity index is 1.36. The van der Waals surface area contributed by atoms with Crippen molar-refractivity contribution in [3.8, 4) is 0 Å². The highest BCUT2D eigenvalue weighted by atomic mass is 16.2. The van der Waals surface area contributed by atoms with Gasteiger partial charge in [-0.05, 0) is 37.4 Å². The normalized spacial score (nSPS) is 31.0. The van der Waals surface area contributed by atoms with E-state index in [9.17, 15) is 4.79 Å². The van der Waals surface area contributed by atoms with Crippen molar-refractivity contribution in [1.29, 1.82) is 0 Å². The third-order valence-electron chi connectivity index (χ3n) is 6.24. The number of pyridine rings is 1. The summed E-state index contributed by atoms with van der Waals surface area (Å²) in [7, 11) is 0. The lowest BCUT2D eigenvalue weighted by molar-refractivity contribution is -0.147. The molecule has 5 nitrogen and oxygen atoms in total. The van der Waals surface area contributed by atoms with Crippen LogP contribution in [0.2, 0.25) is 0 Å². The van der Waals surface area contributed by atoms with Crippen molar-refractivity contribution in [2.45, 2.75) is 32.2 Å². The minimum atomic E-state index is -0.0958. The van der Waals surface area contributed by atoms with Gasteiger partial charge >= 0.3 is 0 Å². The molecule has 0 unspecified atom stereocenters. The first-order valence-electron chi connectivity index (χ1n) is 9.40. The molecule has 24 heavy (non-hydrogen) atoms. The summed E-state index contributed by atoms with van der Waals surface area (Å²) in [5, 5.41) is 3.50. The summed E-state index contributed by atoms with van der Waals surface area (Å²) in [5.41, 5.74) is 1.02. The minimum absolute atomic E-state index is 0.0958. The van der Waals surface area contributed by atoms with E-state index in [0.29, 0.717) is 11.8 Å². The van der Waals surface area contributed by atoms with Crippen LogP contribution >= 0.6 is 0 Å². The molecular weight excluding hydrogens is 300 g/mol. The number of carbonyl (C=O) groups is 1. The van der Waals surface area contributed by atoms with Crippen LogP contribution in [0.25, 0.3) is 0 Å². The lowest BCUT2D eigenvalue weighted by atomic mass is 9.67. The van der Waals surface area contributed by atoms with Gasteiger partial charge in [0.15, 0.2) is 0 Å². The Kier molecular flexibility index (Phi) is 4.55. The minimum Gasteiger partial charge on any atom is -0.340 e. The number of rotatable bonds is 3. The summed E-state index contributed by atoms with van der Waals surface area (Å²) in [4.78, 5) is 22.2. The Bertz CT molecular complexity index is 570. The summed E-state index contributed by atoms with van der Waals surface area (Å²) in [6, 6.07) is 6.07. The number of hydrogen-bond donors (Lipinski definition) is 1. The van der Waals surface area contributed by atoms with Gasteiger partial charge in [-0.1, -0.05) is 18.9 Å². The number of carbonyl (C=O) groups excluding carboxylic acids is 1. The average Bonchev–Trinajstić information content (AvgIpc) is 3.08. The molecule has 3 fully saturated rings. The largest absolute Gasteiger partial charge is 0.340 e.